The average molecular weight is 526 g/mol. The minimum Gasteiger partial charge on any atom is -0.491 e. The SMILES string of the molecule is C=C(N)c1ccc([C@@](C)(O)CN2CCN(c3ccc(OCCO)cc3Cl)[C@H](c3ccc(F)cc3)C2)cc1. The van der Waals surface area contributed by atoms with Crippen LogP contribution in [0.2, 0.25) is 5.02 Å². The van der Waals surface area contributed by atoms with Crippen LogP contribution in [0.1, 0.15) is 29.7 Å². The molecule has 2 atom stereocenters. The summed E-state index contributed by atoms with van der Waals surface area (Å²) in [5.41, 5.74) is 8.59. The minimum absolute atomic E-state index is 0.0792. The van der Waals surface area contributed by atoms with Gasteiger partial charge in [-0.1, -0.05) is 54.6 Å². The first-order chi connectivity index (χ1) is 17.7. The lowest BCUT2D eigenvalue weighted by atomic mass is 9.93. The second kappa shape index (κ2) is 11.5. The number of ether oxygens (including phenoxy) is 1. The summed E-state index contributed by atoms with van der Waals surface area (Å²) in [5.74, 6) is 0.290. The van der Waals surface area contributed by atoms with Crippen molar-refractivity contribution in [2.45, 2.75) is 18.6 Å². The van der Waals surface area contributed by atoms with E-state index in [2.05, 4.69) is 16.4 Å². The third-order valence-electron chi connectivity index (χ3n) is 6.72. The monoisotopic (exact) mass is 525 g/mol. The summed E-state index contributed by atoms with van der Waals surface area (Å²) < 4.78 is 19.2. The first kappa shape index (κ1) is 26.9. The van der Waals surface area contributed by atoms with Gasteiger partial charge in [-0.15, -0.1) is 0 Å². The zero-order valence-corrected chi connectivity index (χ0v) is 21.7. The molecule has 4 N–H and O–H groups in total. The van der Waals surface area contributed by atoms with Crippen LogP contribution in [-0.2, 0) is 5.60 Å². The Balaban J connectivity index is 1.57. The highest BCUT2D eigenvalue weighted by Gasteiger charge is 2.34. The van der Waals surface area contributed by atoms with Crippen molar-refractivity contribution in [3.63, 3.8) is 0 Å². The van der Waals surface area contributed by atoms with Gasteiger partial charge in [0.15, 0.2) is 0 Å². The van der Waals surface area contributed by atoms with Gasteiger partial charge in [0.05, 0.1) is 29.0 Å². The van der Waals surface area contributed by atoms with Crippen molar-refractivity contribution < 1.29 is 19.3 Å². The normalized spacial score (nSPS) is 17.9. The number of hydrogen-bond donors (Lipinski definition) is 3. The molecule has 37 heavy (non-hydrogen) atoms. The second-order valence-corrected chi connectivity index (χ2v) is 9.96. The van der Waals surface area contributed by atoms with Gasteiger partial charge in [0.25, 0.3) is 0 Å². The number of anilines is 1. The molecule has 6 nitrogen and oxygen atoms in total. The highest BCUT2D eigenvalue weighted by Crippen LogP contribution is 2.38. The fourth-order valence-electron chi connectivity index (χ4n) is 4.79. The van der Waals surface area contributed by atoms with Crippen molar-refractivity contribution in [3.8, 4) is 5.75 Å². The Morgan fingerprint density at radius 2 is 1.84 bits per heavy atom. The van der Waals surface area contributed by atoms with E-state index < -0.39 is 5.60 Å². The molecule has 3 aromatic carbocycles. The van der Waals surface area contributed by atoms with Crippen LogP contribution < -0.4 is 15.4 Å². The van der Waals surface area contributed by atoms with Crippen LogP contribution >= 0.6 is 11.6 Å². The van der Waals surface area contributed by atoms with Gasteiger partial charge in [-0.05, 0) is 47.9 Å². The molecule has 1 aliphatic heterocycles. The smallest absolute Gasteiger partial charge is 0.123 e. The Morgan fingerprint density at radius 1 is 1.14 bits per heavy atom. The Hall–Kier alpha value is -3.10. The Bertz CT molecular complexity index is 1220. The zero-order valence-electron chi connectivity index (χ0n) is 20.9. The molecule has 3 aromatic rings. The fraction of sp³-hybridized carbons (Fsp3) is 0.310. The van der Waals surface area contributed by atoms with E-state index in [1.54, 1.807) is 25.1 Å². The summed E-state index contributed by atoms with van der Waals surface area (Å²) >= 11 is 6.66. The number of aliphatic hydroxyl groups is 2. The largest absolute Gasteiger partial charge is 0.491 e. The number of rotatable bonds is 9. The summed E-state index contributed by atoms with van der Waals surface area (Å²) in [6.07, 6.45) is 0. The number of nitrogens with zero attached hydrogens (tertiary/aromatic N) is 2. The van der Waals surface area contributed by atoms with Crippen LogP contribution in [0.25, 0.3) is 5.70 Å². The maximum absolute atomic E-state index is 13.7. The zero-order chi connectivity index (χ0) is 26.6. The summed E-state index contributed by atoms with van der Waals surface area (Å²) in [6.45, 7) is 8.06. The molecule has 1 aliphatic rings. The molecule has 0 amide bonds. The number of benzene rings is 3. The van der Waals surface area contributed by atoms with Crippen molar-refractivity contribution in [1.82, 2.24) is 4.90 Å². The van der Waals surface area contributed by atoms with Gasteiger partial charge >= 0.3 is 0 Å². The molecule has 196 valence electrons. The van der Waals surface area contributed by atoms with Crippen LogP contribution in [0.15, 0.2) is 73.3 Å². The van der Waals surface area contributed by atoms with Crippen LogP contribution in [0.5, 0.6) is 5.75 Å². The van der Waals surface area contributed by atoms with Crippen molar-refractivity contribution in [1.29, 1.82) is 0 Å². The van der Waals surface area contributed by atoms with Gasteiger partial charge in [-0.25, -0.2) is 4.39 Å². The van der Waals surface area contributed by atoms with Crippen LogP contribution in [0.3, 0.4) is 0 Å². The lowest BCUT2D eigenvalue weighted by molar-refractivity contribution is 0.0103. The van der Waals surface area contributed by atoms with E-state index >= 15 is 0 Å². The van der Waals surface area contributed by atoms with E-state index in [1.165, 1.54) is 12.1 Å². The summed E-state index contributed by atoms with van der Waals surface area (Å²) in [5, 5.41) is 20.9. The topological polar surface area (TPSA) is 82.2 Å². The van der Waals surface area contributed by atoms with Crippen LogP contribution in [-0.4, -0.2) is 54.5 Å². The van der Waals surface area contributed by atoms with Crippen LogP contribution in [0.4, 0.5) is 10.1 Å². The number of halogens is 2. The van der Waals surface area contributed by atoms with Crippen LogP contribution in [0, 0.1) is 5.82 Å². The Labute approximate surface area is 222 Å². The third kappa shape index (κ3) is 6.43. The predicted octanol–water partition coefficient (Wildman–Crippen LogP) is 4.55. The molecule has 0 bridgehead atoms. The predicted molar refractivity (Wildman–Crippen MR) is 146 cm³/mol. The standard InChI is InChI=1S/C29H33ClFN3O3/c1-20(32)21-3-7-23(8-4-21)29(2,36)19-33-13-14-34(28(18-33)22-5-9-24(31)10-6-22)27-12-11-25(17-26(27)30)37-16-15-35/h3-12,17,28,35-36H,1,13-16,18-19,32H2,2H3/t28-,29-/m0/s1. The van der Waals surface area contributed by atoms with Gasteiger partial charge < -0.3 is 25.6 Å². The lowest BCUT2D eigenvalue weighted by Gasteiger charge is -2.45. The van der Waals surface area contributed by atoms with E-state index in [4.69, 9.17) is 27.2 Å². The van der Waals surface area contributed by atoms with Gasteiger partial charge in [0.1, 0.15) is 18.2 Å². The molecule has 4 rings (SSSR count). The van der Waals surface area contributed by atoms with Crippen molar-refractivity contribution in [3.05, 3.63) is 101 Å². The van der Waals surface area contributed by atoms with Crippen molar-refractivity contribution >= 4 is 23.0 Å². The van der Waals surface area contributed by atoms with E-state index in [1.807, 2.05) is 36.4 Å². The van der Waals surface area contributed by atoms with Gasteiger partial charge in [-0.3, -0.25) is 4.90 Å². The number of hydrogen-bond acceptors (Lipinski definition) is 6. The molecule has 8 heteroatoms. The van der Waals surface area contributed by atoms with Gasteiger partial charge in [0, 0.05) is 37.9 Å². The quantitative estimate of drug-likeness (QED) is 0.380. The third-order valence-corrected chi connectivity index (χ3v) is 7.02. The summed E-state index contributed by atoms with van der Waals surface area (Å²) in [4.78, 5) is 4.42. The molecular weight excluding hydrogens is 493 g/mol. The number of nitrogens with two attached hydrogens (primary N) is 1. The highest BCUT2D eigenvalue weighted by molar-refractivity contribution is 6.33. The molecular formula is C29H33ClFN3O3. The van der Waals surface area contributed by atoms with E-state index in [-0.39, 0.29) is 25.1 Å². The summed E-state index contributed by atoms with van der Waals surface area (Å²) in [7, 11) is 0. The molecule has 0 radical (unpaired) electrons. The molecule has 1 fully saturated rings. The van der Waals surface area contributed by atoms with Crippen molar-refractivity contribution in [2.24, 2.45) is 5.73 Å². The minimum atomic E-state index is -1.09. The first-order valence-electron chi connectivity index (χ1n) is 12.2. The average Bonchev–Trinajstić information content (AvgIpc) is 2.88. The van der Waals surface area contributed by atoms with E-state index in [0.717, 1.165) is 22.4 Å². The summed E-state index contributed by atoms with van der Waals surface area (Å²) in [6, 6.07) is 19.3. The molecule has 1 saturated heterocycles. The highest BCUT2D eigenvalue weighted by atomic mass is 35.5. The van der Waals surface area contributed by atoms with E-state index in [9.17, 15) is 9.50 Å². The molecule has 0 aromatic heterocycles. The maximum atomic E-state index is 13.7. The molecule has 0 aliphatic carbocycles. The van der Waals surface area contributed by atoms with Gasteiger partial charge in [0.2, 0.25) is 0 Å². The van der Waals surface area contributed by atoms with E-state index in [0.29, 0.717) is 42.6 Å². The Morgan fingerprint density at radius 3 is 2.46 bits per heavy atom. The molecule has 0 unspecified atom stereocenters. The molecule has 1 heterocycles. The number of aliphatic hydroxyl groups excluding tert-OH is 1. The number of β-amino-alcohol motifs (C(OH)–C–C–N with tert-alkyl or cyclic N) is 1. The lowest BCUT2D eigenvalue weighted by Crippen LogP contribution is -2.52. The second-order valence-electron chi connectivity index (χ2n) is 9.56. The first-order valence-corrected chi connectivity index (χ1v) is 12.6. The van der Waals surface area contributed by atoms with Gasteiger partial charge in [-0.2, -0.15) is 0 Å². The Kier molecular flexibility index (Phi) is 8.39. The molecule has 0 spiro atoms. The number of piperazine rings is 1. The fourth-order valence-corrected chi connectivity index (χ4v) is 5.06. The maximum Gasteiger partial charge on any atom is 0.123 e. The van der Waals surface area contributed by atoms with Crippen molar-refractivity contribution in [2.75, 3.05) is 44.3 Å². The molecule has 0 saturated carbocycles.